The molecule has 178 valence electrons. The second-order valence-corrected chi connectivity index (χ2v) is 7.48. The lowest BCUT2D eigenvalue weighted by Gasteiger charge is -2.13. The molecule has 0 fully saturated rings. The number of hydrogen-bond donors (Lipinski definition) is 3. The molecular weight excluding hydrogens is 464 g/mol. The SMILES string of the molecule is Cc1cccc(NC(=O)c2cc(C#Cc3cc(F)cc(C(=O)CC(=N)N)c3)ccc2C(F)(F)F)n1. The standard InChI is InChI=1S/C25H18F4N4O2/c1-14-3-2-4-23(32-14)33-24(35)19-11-15(7-8-20(19)25(27,28)29)5-6-16-9-17(12-18(26)10-16)21(34)13-22(30)31/h2-4,7-12H,13H2,1H3,(H3,30,31)(H,32,33,35). The predicted octanol–water partition coefficient (Wildman–Crippen LogP) is 4.71. The van der Waals surface area contributed by atoms with Crippen molar-refractivity contribution in [1.29, 1.82) is 5.41 Å². The van der Waals surface area contributed by atoms with E-state index in [9.17, 15) is 27.2 Å². The van der Waals surface area contributed by atoms with E-state index < -0.39 is 41.2 Å². The molecule has 0 saturated carbocycles. The number of rotatable bonds is 5. The molecule has 0 saturated heterocycles. The Hall–Kier alpha value is -4.52. The minimum absolute atomic E-state index is 0.0531. The molecule has 3 aromatic rings. The fourth-order valence-electron chi connectivity index (χ4n) is 3.10. The van der Waals surface area contributed by atoms with Gasteiger partial charge in [-0.3, -0.25) is 15.0 Å². The van der Waals surface area contributed by atoms with Crippen molar-refractivity contribution in [3.05, 3.63) is 93.9 Å². The van der Waals surface area contributed by atoms with Crippen LogP contribution in [-0.4, -0.2) is 22.5 Å². The normalized spacial score (nSPS) is 10.8. The summed E-state index contributed by atoms with van der Waals surface area (Å²) in [5, 5.41) is 9.53. The van der Waals surface area contributed by atoms with Gasteiger partial charge in [-0.05, 0) is 55.5 Å². The van der Waals surface area contributed by atoms with Gasteiger partial charge in [-0.25, -0.2) is 9.37 Å². The average molecular weight is 482 g/mol. The average Bonchev–Trinajstić information content (AvgIpc) is 2.76. The summed E-state index contributed by atoms with van der Waals surface area (Å²) in [6, 6.07) is 10.8. The Labute approximate surface area is 197 Å². The van der Waals surface area contributed by atoms with E-state index in [1.54, 1.807) is 19.1 Å². The van der Waals surface area contributed by atoms with Crippen molar-refractivity contribution in [2.45, 2.75) is 19.5 Å². The number of nitrogens with one attached hydrogen (secondary N) is 2. The molecule has 3 rings (SSSR count). The zero-order chi connectivity index (χ0) is 25.8. The zero-order valence-corrected chi connectivity index (χ0v) is 18.3. The summed E-state index contributed by atoms with van der Waals surface area (Å²) in [6.45, 7) is 1.67. The summed E-state index contributed by atoms with van der Waals surface area (Å²) in [6.07, 6.45) is -5.20. The fourth-order valence-corrected chi connectivity index (χ4v) is 3.10. The number of Topliss-reactive ketones (excluding diaryl/α,β-unsaturated/α-hetero) is 1. The Morgan fingerprint density at radius 2 is 1.77 bits per heavy atom. The van der Waals surface area contributed by atoms with Gasteiger partial charge in [0, 0.05) is 22.4 Å². The third kappa shape index (κ3) is 6.74. The highest BCUT2D eigenvalue weighted by molar-refractivity contribution is 6.08. The zero-order valence-electron chi connectivity index (χ0n) is 18.3. The summed E-state index contributed by atoms with van der Waals surface area (Å²) in [4.78, 5) is 28.8. The monoisotopic (exact) mass is 482 g/mol. The van der Waals surface area contributed by atoms with Crippen molar-refractivity contribution in [3.63, 3.8) is 0 Å². The molecule has 10 heteroatoms. The van der Waals surface area contributed by atoms with E-state index >= 15 is 0 Å². The van der Waals surface area contributed by atoms with E-state index in [4.69, 9.17) is 11.1 Å². The van der Waals surface area contributed by atoms with Crippen LogP contribution in [0.2, 0.25) is 0 Å². The maximum Gasteiger partial charge on any atom is 0.417 e. The first kappa shape index (κ1) is 25.1. The Morgan fingerprint density at radius 3 is 2.43 bits per heavy atom. The number of carbonyl (C=O) groups excluding carboxylic acids is 2. The van der Waals surface area contributed by atoms with Crippen LogP contribution < -0.4 is 11.1 Å². The van der Waals surface area contributed by atoms with E-state index in [0.717, 1.165) is 30.3 Å². The number of alkyl halides is 3. The molecule has 0 spiro atoms. The van der Waals surface area contributed by atoms with Crippen molar-refractivity contribution >= 4 is 23.3 Å². The van der Waals surface area contributed by atoms with Crippen LogP contribution in [-0.2, 0) is 6.18 Å². The number of amidine groups is 1. The number of halogens is 4. The van der Waals surface area contributed by atoms with E-state index in [0.29, 0.717) is 5.69 Å². The van der Waals surface area contributed by atoms with Crippen LogP contribution in [0.4, 0.5) is 23.4 Å². The Kier molecular flexibility index (Phi) is 7.30. The first-order valence-electron chi connectivity index (χ1n) is 10.1. The van der Waals surface area contributed by atoms with Gasteiger partial charge in [0.15, 0.2) is 5.78 Å². The molecule has 0 aliphatic carbocycles. The maximum absolute atomic E-state index is 14.0. The molecule has 0 aliphatic rings. The molecular formula is C25H18F4N4O2. The van der Waals surface area contributed by atoms with Gasteiger partial charge < -0.3 is 11.1 Å². The smallest absolute Gasteiger partial charge is 0.387 e. The van der Waals surface area contributed by atoms with Crippen molar-refractivity contribution in [2.24, 2.45) is 5.73 Å². The van der Waals surface area contributed by atoms with Crippen molar-refractivity contribution in [3.8, 4) is 11.8 Å². The summed E-state index contributed by atoms with van der Waals surface area (Å²) in [5.74, 6) is 2.49. The molecule has 4 N–H and O–H groups in total. The third-order valence-electron chi connectivity index (χ3n) is 4.62. The second kappa shape index (κ2) is 10.2. The van der Waals surface area contributed by atoms with E-state index in [1.807, 2.05) is 0 Å². The van der Waals surface area contributed by atoms with E-state index in [2.05, 4.69) is 22.1 Å². The van der Waals surface area contributed by atoms with Crippen LogP contribution in [0.25, 0.3) is 0 Å². The summed E-state index contributed by atoms with van der Waals surface area (Å²) < 4.78 is 54.5. The number of benzene rings is 2. The van der Waals surface area contributed by atoms with Gasteiger partial charge in [0.25, 0.3) is 5.91 Å². The number of carbonyl (C=O) groups is 2. The van der Waals surface area contributed by atoms with Gasteiger partial charge in [0.05, 0.1) is 23.4 Å². The number of pyridine rings is 1. The number of anilines is 1. The molecule has 0 atom stereocenters. The molecule has 1 heterocycles. The lowest BCUT2D eigenvalue weighted by atomic mass is 10.0. The molecule has 0 unspecified atom stereocenters. The van der Waals surface area contributed by atoms with Gasteiger partial charge in [-0.2, -0.15) is 13.2 Å². The highest BCUT2D eigenvalue weighted by Gasteiger charge is 2.35. The summed E-state index contributed by atoms with van der Waals surface area (Å²) >= 11 is 0. The van der Waals surface area contributed by atoms with Gasteiger partial charge in [0.2, 0.25) is 0 Å². The van der Waals surface area contributed by atoms with Gasteiger partial charge in [-0.1, -0.05) is 17.9 Å². The molecule has 0 aliphatic heterocycles. The number of aryl methyl sites for hydroxylation is 1. The third-order valence-corrected chi connectivity index (χ3v) is 4.62. The summed E-state index contributed by atoms with van der Waals surface area (Å²) in [5.41, 5.74) is 4.03. The van der Waals surface area contributed by atoms with Crippen LogP contribution in [0.1, 0.15) is 49.5 Å². The molecule has 35 heavy (non-hydrogen) atoms. The van der Waals surface area contributed by atoms with Crippen molar-refractivity contribution < 1.29 is 27.2 Å². The first-order valence-corrected chi connectivity index (χ1v) is 10.1. The van der Waals surface area contributed by atoms with Crippen LogP contribution in [0.3, 0.4) is 0 Å². The second-order valence-electron chi connectivity index (χ2n) is 7.48. The minimum atomic E-state index is -4.80. The van der Waals surface area contributed by atoms with Crippen LogP contribution in [0.5, 0.6) is 0 Å². The largest absolute Gasteiger partial charge is 0.417 e. The topological polar surface area (TPSA) is 109 Å². The van der Waals surface area contributed by atoms with Crippen molar-refractivity contribution in [2.75, 3.05) is 5.32 Å². The number of nitrogens with zero attached hydrogens (tertiary/aromatic N) is 1. The maximum atomic E-state index is 14.0. The fraction of sp³-hybridized carbons (Fsp3) is 0.120. The Bertz CT molecular complexity index is 1390. The summed E-state index contributed by atoms with van der Waals surface area (Å²) in [7, 11) is 0. The lowest BCUT2D eigenvalue weighted by molar-refractivity contribution is -0.137. The number of amides is 1. The minimum Gasteiger partial charge on any atom is -0.387 e. The van der Waals surface area contributed by atoms with Gasteiger partial charge in [-0.15, -0.1) is 0 Å². The van der Waals surface area contributed by atoms with Crippen LogP contribution in [0, 0.1) is 30.0 Å². The quantitative estimate of drug-likeness (QED) is 0.161. The molecule has 6 nitrogen and oxygen atoms in total. The first-order chi connectivity index (χ1) is 16.4. The number of nitrogens with two attached hydrogens (primary N) is 1. The highest BCUT2D eigenvalue weighted by Crippen LogP contribution is 2.33. The molecule has 2 aromatic carbocycles. The van der Waals surface area contributed by atoms with E-state index in [1.165, 1.54) is 12.1 Å². The van der Waals surface area contributed by atoms with Gasteiger partial charge in [0.1, 0.15) is 11.6 Å². The van der Waals surface area contributed by atoms with Crippen LogP contribution >= 0.6 is 0 Å². The number of ketones is 1. The Balaban J connectivity index is 1.97. The molecule has 0 radical (unpaired) electrons. The van der Waals surface area contributed by atoms with E-state index in [-0.39, 0.29) is 28.3 Å². The molecule has 1 amide bonds. The molecule has 1 aromatic heterocycles. The van der Waals surface area contributed by atoms with Gasteiger partial charge >= 0.3 is 6.18 Å². The van der Waals surface area contributed by atoms with Crippen LogP contribution in [0.15, 0.2) is 54.6 Å². The molecule has 0 bridgehead atoms. The highest BCUT2D eigenvalue weighted by atomic mass is 19.4. The predicted molar refractivity (Wildman–Crippen MR) is 122 cm³/mol. The van der Waals surface area contributed by atoms with Crippen molar-refractivity contribution in [1.82, 2.24) is 4.98 Å². The lowest BCUT2D eigenvalue weighted by Crippen LogP contribution is -2.19. The number of aromatic nitrogens is 1. The Morgan fingerprint density at radius 1 is 1.06 bits per heavy atom. The number of hydrogen-bond acceptors (Lipinski definition) is 4.